The first kappa shape index (κ1) is 19.6. The summed E-state index contributed by atoms with van der Waals surface area (Å²) in [5, 5.41) is 2.84. The third kappa shape index (κ3) is 4.17. The molecular weight excluding hydrogens is 369 g/mol. The van der Waals surface area contributed by atoms with Crippen LogP contribution in [0, 0.1) is 12.7 Å². The molecule has 29 heavy (non-hydrogen) atoms. The zero-order valence-corrected chi connectivity index (χ0v) is 16.6. The highest BCUT2D eigenvalue weighted by molar-refractivity contribution is 5.91. The minimum absolute atomic E-state index is 0.0145. The lowest BCUT2D eigenvalue weighted by molar-refractivity contribution is -0.147. The maximum absolute atomic E-state index is 13.5. The molecule has 1 N–H and O–H groups in total. The SMILES string of the molecule is Cc1cccc(CN2CCCC2C(=O)N2CCNC(=O)C2c2ccc(F)cc2)c1. The van der Waals surface area contributed by atoms with Gasteiger partial charge in [-0.2, -0.15) is 0 Å². The molecule has 2 aromatic rings. The summed E-state index contributed by atoms with van der Waals surface area (Å²) in [7, 11) is 0. The number of piperazine rings is 1. The summed E-state index contributed by atoms with van der Waals surface area (Å²) >= 11 is 0. The molecule has 2 amide bonds. The first-order valence-corrected chi connectivity index (χ1v) is 10.2. The van der Waals surface area contributed by atoms with E-state index in [1.54, 1.807) is 17.0 Å². The number of benzene rings is 2. The van der Waals surface area contributed by atoms with Crippen molar-refractivity contribution in [3.8, 4) is 0 Å². The molecule has 6 heteroatoms. The fourth-order valence-corrected chi connectivity index (χ4v) is 4.41. The Morgan fingerprint density at radius 2 is 1.97 bits per heavy atom. The molecule has 2 unspecified atom stereocenters. The second-order valence-electron chi connectivity index (χ2n) is 7.89. The van der Waals surface area contributed by atoms with Gasteiger partial charge in [0.25, 0.3) is 0 Å². The van der Waals surface area contributed by atoms with Crippen molar-refractivity contribution in [3.05, 3.63) is 71.0 Å². The molecule has 2 aliphatic heterocycles. The number of halogens is 1. The van der Waals surface area contributed by atoms with Gasteiger partial charge in [-0.1, -0.05) is 42.0 Å². The van der Waals surface area contributed by atoms with Gasteiger partial charge >= 0.3 is 0 Å². The molecular formula is C23H26FN3O2. The Balaban J connectivity index is 1.55. The highest BCUT2D eigenvalue weighted by Crippen LogP contribution is 2.29. The first-order valence-electron chi connectivity index (χ1n) is 10.2. The minimum atomic E-state index is -0.710. The third-order valence-electron chi connectivity index (χ3n) is 5.80. The molecule has 2 heterocycles. The fraction of sp³-hybridized carbons (Fsp3) is 0.391. The number of nitrogens with zero attached hydrogens (tertiary/aromatic N) is 2. The van der Waals surface area contributed by atoms with Gasteiger partial charge in [-0.15, -0.1) is 0 Å². The molecule has 0 bridgehead atoms. The van der Waals surface area contributed by atoms with Gasteiger partial charge in [-0.25, -0.2) is 4.39 Å². The number of nitrogens with one attached hydrogen (secondary N) is 1. The second kappa shape index (κ2) is 8.33. The van der Waals surface area contributed by atoms with Crippen molar-refractivity contribution in [1.29, 1.82) is 0 Å². The van der Waals surface area contributed by atoms with E-state index in [9.17, 15) is 14.0 Å². The summed E-state index contributed by atoms with van der Waals surface area (Å²) < 4.78 is 13.4. The normalized spacial score (nSPS) is 22.6. The lowest BCUT2D eigenvalue weighted by Crippen LogP contribution is -2.56. The van der Waals surface area contributed by atoms with Crippen molar-refractivity contribution in [3.63, 3.8) is 0 Å². The average molecular weight is 395 g/mol. The number of rotatable bonds is 4. The number of carbonyl (C=O) groups excluding carboxylic acids is 2. The molecule has 2 aliphatic rings. The molecule has 4 rings (SSSR count). The Morgan fingerprint density at radius 3 is 2.72 bits per heavy atom. The van der Waals surface area contributed by atoms with Crippen LogP contribution in [0.4, 0.5) is 4.39 Å². The molecule has 0 spiro atoms. The van der Waals surface area contributed by atoms with Crippen molar-refractivity contribution in [1.82, 2.24) is 15.1 Å². The van der Waals surface area contributed by atoms with Gasteiger partial charge in [-0.05, 0) is 49.6 Å². The zero-order valence-electron chi connectivity index (χ0n) is 16.6. The Kier molecular flexibility index (Phi) is 5.62. The van der Waals surface area contributed by atoms with Crippen LogP contribution in [0.5, 0.6) is 0 Å². The number of likely N-dealkylation sites (tertiary alicyclic amines) is 1. The zero-order chi connectivity index (χ0) is 20.4. The second-order valence-corrected chi connectivity index (χ2v) is 7.89. The monoisotopic (exact) mass is 395 g/mol. The fourth-order valence-electron chi connectivity index (χ4n) is 4.41. The topological polar surface area (TPSA) is 52.7 Å². The molecule has 0 radical (unpaired) electrons. The van der Waals surface area contributed by atoms with Crippen LogP contribution < -0.4 is 5.32 Å². The highest BCUT2D eigenvalue weighted by Gasteiger charge is 2.40. The van der Waals surface area contributed by atoms with E-state index in [0.29, 0.717) is 18.7 Å². The van der Waals surface area contributed by atoms with E-state index in [1.807, 2.05) is 6.07 Å². The summed E-state index contributed by atoms with van der Waals surface area (Å²) in [6.07, 6.45) is 1.75. The average Bonchev–Trinajstić information content (AvgIpc) is 3.16. The third-order valence-corrected chi connectivity index (χ3v) is 5.80. The van der Waals surface area contributed by atoms with Gasteiger partial charge < -0.3 is 10.2 Å². The van der Waals surface area contributed by atoms with E-state index < -0.39 is 6.04 Å². The van der Waals surface area contributed by atoms with Gasteiger partial charge in [0, 0.05) is 19.6 Å². The number of amides is 2. The quantitative estimate of drug-likeness (QED) is 0.866. The first-order chi connectivity index (χ1) is 14.0. The van der Waals surface area contributed by atoms with Crippen LogP contribution in [0.1, 0.15) is 35.6 Å². The minimum Gasteiger partial charge on any atom is -0.352 e. The summed E-state index contributed by atoms with van der Waals surface area (Å²) in [5.74, 6) is -0.582. The van der Waals surface area contributed by atoms with Crippen molar-refractivity contribution >= 4 is 11.8 Å². The van der Waals surface area contributed by atoms with Crippen LogP contribution >= 0.6 is 0 Å². The largest absolute Gasteiger partial charge is 0.352 e. The van der Waals surface area contributed by atoms with Crippen LogP contribution in [0.15, 0.2) is 48.5 Å². The van der Waals surface area contributed by atoms with Crippen LogP contribution in [-0.4, -0.2) is 47.3 Å². The van der Waals surface area contributed by atoms with Crippen molar-refractivity contribution < 1.29 is 14.0 Å². The maximum atomic E-state index is 13.5. The van der Waals surface area contributed by atoms with Gasteiger partial charge in [0.1, 0.15) is 11.9 Å². The van der Waals surface area contributed by atoms with Gasteiger partial charge in [0.05, 0.1) is 6.04 Å². The van der Waals surface area contributed by atoms with Crippen LogP contribution in [0.25, 0.3) is 0 Å². The Bertz CT molecular complexity index is 899. The van der Waals surface area contributed by atoms with E-state index in [4.69, 9.17) is 0 Å². The number of hydrogen-bond donors (Lipinski definition) is 1. The van der Waals surface area contributed by atoms with Crippen molar-refractivity contribution in [2.24, 2.45) is 0 Å². The summed E-state index contributed by atoms with van der Waals surface area (Å²) in [6, 6.07) is 13.2. The predicted molar refractivity (Wildman–Crippen MR) is 108 cm³/mol. The number of aryl methyl sites for hydroxylation is 1. The maximum Gasteiger partial charge on any atom is 0.247 e. The lowest BCUT2D eigenvalue weighted by atomic mass is 10.0. The highest BCUT2D eigenvalue weighted by atomic mass is 19.1. The molecule has 2 saturated heterocycles. The Labute approximate surface area is 170 Å². The van der Waals surface area contributed by atoms with Crippen molar-refractivity contribution in [2.75, 3.05) is 19.6 Å². The van der Waals surface area contributed by atoms with E-state index in [-0.39, 0.29) is 23.7 Å². The smallest absolute Gasteiger partial charge is 0.247 e. The molecule has 0 saturated carbocycles. The van der Waals surface area contributed by atoms with E-state index >= 15 is 0 Å². The molecule has 2 atom stereocenters. The summed E-state index contributed by atoms with van der Waals surface area (Å²) in [4.78, 5) is 30.0. The van der Waals surface area contributed by atoms with E-state index in [2.05, 4.69) is 35.3 Å². The van der Waals surface area contributed by atoms with Gasteiger partial charge in [-0.3, -0.25) is 14.5 Å². The van der Waals surface area contributed by atoms with Gasteiger partial charge in [0.2, 0.25) is 11.8 Å². The molecule has 0 aromatic heterocycles. The van der Waals surface area contributed by atoms with Crippen LogP contribution in [0.2, 0.25) is 0 Å². The van der Waals surface area contributed by atoms with Crippen molar-refractivity contribution in [2.45, 2.75) is 38.4 Å². The van der Waals surface area contributed by atoms with Crippen LogP contribution in [0.3, 0.4) is 0 Å². The molecule has 152 valence electrons. The number of carbonyl (C=O) groups is 2. The summed E-state index contributed by atoms with van der Waals surface area (Å²) in [6.45, 7) is 4.55. The van der Waals surface area contributed by atoms with E-state index in [0.717, 1.165) is 25.9 Å². The van der Waals surface area contributed by atoms with E-state index in [1.165, 1.54) is 23.3 Å². The van der Waals surface area contributed by atoms with Gasteiger partial charge in [0.15, 0.2) is 0 Å². The molecule has 2 fully saturated rings. The Hall–Kier alpha value is -2.73. The Morgan fingerprint density at radius 1 is 1.17 bits per heavy atom. The number of hydrogen-bond acceptors (Lipinski definition) is 3. The summed E-state index contributed by atoms with van der Waals surface area (Å²) in [5.41, 5.74) is 3.03. The lowest BCUT2D eigenvalue weighted by Gasteiger charge is -2.38. The van der Waals surface area contributed by atoms with Crippen LogP contribution in [-0.2, 0) is 16.1 Å². The predicted octanol–water partition coefficient (Wildman–Crippen LogP) is 2.80. The molecule has 5 nitrogen and oxygen atoms in total. The molecule has 2 aromatic carbocycles. The molecule has 0 aliphatic carbocycles. The standard InChI is InChI=1S/C23H26FN3O2/c1-16-4-2-5-17(14-16)15-26-12-3-6-20(26)23(29)27-13-11-25-22(28)21(27)18-7-9-19(24)10-8-18/h2,4-5,7-10,14,20-21H,3,6,11-13,15H2,1H3,(H,25,28).